The van der Waals surface area contributed by atoms with Gasteiger partial charge in [-0.2, -0.15) is 5.26 Å². The van der Waals surface area contributed by atoms with Gasteiger partial charge in [0.2, 0.25) is 0 Å². The second kappa shape index (κ2) is 5.99. The normalized spacial score (nSPS) is 11.8. The van der Waals surface area contributed by atoms with Gasteiger partial charge in [0, 0.05) is 24.5 Å². The Balaban J connectivity index is 2.53. The van der Waals surface area contributed by atoms with Crippen LogP contribution in [-0.2, 0) is 4.74 Å². The second-order valence-corrected chi connectivity index (χ2v) is 3.25. The van der Waals surface area contributed by atoms with E-state index in [1.54, 1.807) is 12.3 Å². The van der Waals surface area contributed by atoms with E-state index in [4.69, 9.17) is 10.00 Å². The molecule has 15 heavy (non-hydrogen) atoms. The molecule has 0 fully saturated rings. The molecular weight excluding hydrogens is 190 g/mol. The smallest absolute Gasteiger partial charge is 0.142 e. The van der Waals surface area contributed by atoms with Crippen molar-refractivity contribution in [1.29, 1.82) is 5.26 Å². The Bertz CT molecular complexity index is 346. The van der Waals surface area contributed by atoms with Gasteiger partial charge in [-0.1, -0.05) is 0 Å². The number of nitrogens with zero attached hydrogens (tertiary/aromatic N) is 2. The third kappa shape index (κ3) is 3.96. The Kier molecular flexibility index (Phi) is 4.58. The maximum Gasteiger partial charge on any atom is 0.142 e. The summed E-state index contributed by atoms with van der Waals surface area (Å²) in [7, 11) is 0. The minimum Gasteiger partial charge on any atom is -0.380 e. The highest BCUT2D eigenvalue weighted by Crippen LogP contribution is 2.08. The van der Waals surface area contributed by atoms with Gasteiger partial charge in [-0.05, 0) is 26.0 Å². The molecule has 0 spiro atoms. The zero-order valence-electron chi connectivity index (χ0n) is 9.03. The van der Waals surface area contributed by atoms with Gasteiger partial charge in [0.25, 0.3) is 0 Å². The van der Waals surface area contributed by atoms with E-state index in [0.29, 0.717) is 18.9 Å². The second-order valence-electron chi connectivity index (χ2n) is 3.25. The van der Waals surface area contributed by atoms with Crippen molar-refractivity contribution >= 4 is 5.69 Å². The molecule has 0 aliphatic heterocycles. The standard InChI is InChI=1S/C11H15N3O/c1-3-15-8-9(2)14-10-4-5-13-11(6-10)7-12/h4-6,9H,3,8H2,1-2H3,(H,13,14). The largest absolute Gasteiger partial charge is 0.380 e. The van der Waals surface area contributed by atoms with Crippen LogP contribution in [0.15, 0.2) is 18.3 Å². The van der Waals surface area contributed by atoms with E-state index in [2.05, 4.69) is 10.3 Å². The van der Waals surface area contributed by atoms with Gasteiger partial charge in [-0.3, -0.25) is 0 Å². The number of aromatic nitrogens is 1. The molecule has 0 saturated carbocycles. The lowest BCUT2D eigenvalue weighted by molar-refractivity contribution is 0.141. The van der Waals surface area contributed by atoms with Crippen LogP contribution in [0.4, 0.5) is 5.69 Å². The highest BCUT2D eigenvalue weighted by atomic mass is 16.5. The molecule has 1 aromatic heterocycles. The van der Waals surface area contributed by atoms with Crippen molar-refractivity contribution in [2.24, 2.45) is 0 Å². The lowest BCUT2D eigenvalue weighted by Crippen LogP contribution is -2.21. The Morgan fingerprint density at radius 2 is 2.47 bits per heavy atom. The first-order valence-corrected chi connectivity index (χ1v) is 4.96. The summed E-state index contributed by atoms with van der Waals surface area (Å²) in [4.78, 5) is 3.89. The van der Waals surface area contributed by atoms with Crippen LogP contribution < -0.4 is 5.32 Å². The third-order valence-electron chi connectivity index (χ3n) is 1.86. The maximum atomic E-state index is 8.67. The summed E-state index contributed by atoms with van der Waals surface area (Å²) in [6.45, 7) is 5.36. The van der Waals surface area contributed by atoms with E-state index in [1.807, 2.05) is 26.0 Å². The Hall–Kier alpha value is -1.60. The van der Waals surface area contributed by atoms with Crippen LogP contribution in [0, 0.1) is 11.3 Å². The molecule has 1 heterocycles. The number of ether oxygens (including phenoxy) is 1. The molecule has 0 saturated heterocycles. The van der Waals surface area contributed by atoms with Crippen molar-refractivity contribution in [3.8, 4) is 6.07 Å². The summed E-state index contributed by atoms with van der Waals surface area (Å²) in [5.41, 5.74) is 1.32. The average molecular weight is 205 g/mol. The van der Waals surface area contributed by atoms with E-state index >= 15 is 0 Å². The summed E-state index contributed by atoms with van der Waals surface area (Å²) in [6.07, 6.45) is 1.62. The van der Waals surface area contributed by atoms with Crippen LogP contribution in [-0.4, -0.2) is 24.2 Å². The number of hydrogen-bond acceptors (Lipinski definition) is 4. The van der Waals surface area contributed by atoms with Crippen molar-refractivity contribution < 1.29 is 4.74 Å². The number of nitrogens with one attached hydrogen (secondary N) is 1. The first kappa shape index (κ1) is 11.5. The SMILES string of the molecule is CCOCC(C)Nc1ccnc(C#N)c1. The summed E-state index contributed by atoms with van der Waals surface area (Å²) < 4.78 is 5.28. The van der Waals surface area contributed by atoms with Crippen molar-refractivity contribution in [2.45, 2.75) is 19.9 Å². The fourth-order valence-corrected chi connectivity index (χ4v) is 1.20. The first-order chi connectivity index (χ1) is 7.26. The number of nitriles is 1. The Labute approximate surface area is 89.9 Å². The van der Waals surface area contributed by atoms with Crippen molar-refractivity contribution in [3.63, 3.8) is 0 Å². The summed E-state index contributed by atoms with van der Waals surface area (Å²) in [5.74, 6) is 0. The van der Waals surface area contributed by atoms with Crippen LogP contribution in [0.25, 0.3) is 0 Å². The molecule has 1 rings (SSSR count). The first-order valence-electron chi connectivity index (χ1n) is 4.96. The molecule has 0 amide bonds. The van der Waals surface area contributed by atoms with Crippen molar-refractivity contribution in [2.75, 3.05) is 18.5 Å². The lowest BCUT2D eigenvalue weighted by Gasteiger charge is -2.14. The van der Waals surface area contributed by atoms with Gasteiger partial charge in [-0.15, -0.1) is 0 Å². The average Bonchev–Trinajstić information content (AvgIpc) is 2.26. The molecule has 1 atom stereocenters. The third-order valence-corrected chi connectivity index (χ3v) is 1.86. The summed E-state index contributed by atoms with van der Waals surface area (Å²) in [6, 6.07) is 5.78. The number of hydrogen-bond donors (Lipinski definition) is 1. The van der Waals surface area contributed by atoms with E-state index in [1.165, 1.54) is 0 Å². The fraction of sp³-hybridized carbons (Fsp3) is 0.455. The van der Waals surface area contributed by atoms with E-state index in [-0.39, 0.29) is 6.04 Å². The van der Waals surface area contributed by atoms with Crippen LogP contribution in [0.2, 0.25) is 0 Å². The highest BCUT2D eigenvalue weighted by molar-refractivity contribution is 5.46. The Morgan fingerprint density at radius 3 is 3.13 bits per heavy atom. The van der Waals surface area contributed by atoms with Gasteiger partial charge in [0.05, 0.1) is 6.61 Å². The molecule has 0 aliphatic rings. The highest BCUT2D eigenvalue weighted by Gasteiger charge is 2.02. The minimum atomic E-state index is 0.221. The number of anilines is 1. The van der Waals surface area contributed by atoms with Gasteiger partial charge in [-0.25, -0.2) is 4.98 Å². The summed E-state index contributed by atoms with van der Waals surface area (Å²) in [5, 5.41) is 11.9. The lowest BCUT2D eigenvalue weighted by atomic mass is 10.3. The molecule has 0 aliphatic carbocycles. The van der Waals surface area contributed by atoms with Crippen LogP contribution in [0.1, 0.15) is 19.5 Å². The fourth-order valence-electron chi connectivity index (χ4n) is 1.20. The van der Waals surface area contributed by atoms with E-state index in [9.17, 15) is 0 Å². The Morgan fingerprint density at radius 1 is 1.67 bits per heavy atom. The maximum absolute atomic E-state index is 8.67. The van der Waals surface area contributed by atoms with Gasteiger partial charge in [0.15, 0.2) is 0 Å². The topological polar surface area (TPSA) is 57.9 Å². The molecule has 1 unspecified atom stereocenters. The monoisotopic (exact) mass is 205 g/mol. The van der Waals surface area contributed by atoms with Crippen molar-refractivity contribution in [3.05, 3.63) is 24.0 Å². The molecule has 80 valence electrons. The zero-order chi connectivity index (χ0) is 11.1. The predicted octanol–water partition coefficient (Wildman–Crippen LogP) is 1.79. The van der Waals surface area contributed by atoms with E-state index in [0.717, 1.165) is 5.69 Å². The molecule has 1 N–H and O–H groups in total. The molecule has 4 heteroatoms. The van der Waals surface area contributed by atoms with Crippen molar-refractivity contribution in [1.82, 2.24) is 4.98 Å². The molecular formula is C11H15N3O. The number of pyridine rings is 1. The zero-order valence-corrected chi connectivity index (χ0v) is 9.03. The van der Waals surface area contributed by atoms with Gasteiger partial charge >= 0.3 is 0 Å². The molecule has 1 aromatic rings. The number of rotatable bonds is 5. The van der Waals surface area contributed by atoms with Gasteiger partial charge < -0.3 is 10.1 Å². The molecule has 4 nitrogen and oxygen atoms in total. The van der Waals surface area contributed by atoms with E-state index < -0.39 is 0 Å². The van der Waals surface area contributed by atoms with Crippen LogP contribution in [0.3, 0.4) is 0 Å². The van der Waals surface area contributed by atoms with Crippen LogP contribution >= 0.6 is 0 Å². The minimum absolute atomic E-state index is 0.221. The predicted molar refractivity (Wildman–Crippen MR) is 58.5 cm³/mol. The molecule has 0 bridgehead atoms. The quantitative estimate of drug-likeness (QED) is 0.796. The van der Waals surface area contributed by atoms with Gasteiger partial charge in [0.1, 0.15) is 11.8 Å². The molecule has 0 aromatic carbocycles. The molecule has 0 radical (unpaired) electrons. The van der Waals surface area contributed by atoms with Crippen LogP contribution in [0.5, 0.6) is 0 Å². The summed E-state index contributed by atoms with van der Waals surface area (Å²) >= 11 is 0.